The molecule has 0 spiro atoms. The molecular weight excluding hydrogens is 503 g/mol. The summed E-state index contributed by atoms with van der Waals surface area (Å²) in [5.74, 6) is -0.588. The van der Waals surface area contributed by atoms with Crippen molar-refractivity contribution in [2.75, 3.05) is 0 Å². The lowest BCUT2D eigenvalue weighted by molar-refractivity contribution is -0.137. The van der Waals surface area contributed by atoms with Crippen LogP contribution in [0.4, 0.5) is 13.2 Å². The number of nitrogens with one attached hydrogen (secondary N) is 1. The van der Waals surface area contributed by atoms with Crippen LogP contribution in [-0.4, -0.2) is 10.8 Å². The molecule has 3 nitrogen and oxygen atoms in total. The second-order valence-electron chi connectivity index (χ2n) is 6.77. The van der Waals surface area contributed by atoms with Crippen LogP contribution < -0.4 is 5.43 Å². The van der Waals surface area contributed by atoms with Crippen LogP contribution in [0.25, 0.3) is 10.9 Å². The van der Waals surface area contributed by atoms with E-state index in [0.29, 0.717) is 37.5 Å². The summed E-state index contributed by atoms with van der Waals surface area (Å²) >= 11 is 6.76. The van der Waals surface area contributed by atoms with Gasteiger partial charge in [-0.15, -0.1) is 0 Å². The zero-order chi connectivity index (χ0) is 20.2. The maximum atomic E-state index is 12.9. The van der Waals surface area contributed by atoms with Crippen LogP contribution in [0.5, 0.6) is 0 Å². The quantitative estimate of drug-likeness (QED) is 0.434. The number of alkyl halides is 3. The Balaban J connectivity index is 1.78. The number of rotatable bonds is 1. The first-order valence-electron chi connectivity index (χ1n) is 8.39. The van der Waals surface area contributed by atoms with Gasteiger partial charge < -0.3 is 4.98 Å². The minimum atomic E-state index is -4.40. The minimum Gasteiger partial charge on any atom is -0.357 e. The highest BCUT2D eigenvalue weighted by atomic mass is 79.9. The summed E-state index contributed by atoms with van der Waals surface area (Å²) in [6.45, 7) is 0. The Labute approximate surface area is 174 Å². The third-order valence-electron chi connectivity index (χ3n) is 4.97. The van der Waals surface area contributed by atoms with E-state index in [-0.39, 0.29) is 29.1 Å². The largest absolute Gasteiger partial charge is 0.416 e. The predicted molar refractivity (Wildman–Crippen MR) is 107 cm³/mol. The molecular formula is C20H12Br2F3NO2. The number of benzene rings is 2. The van der Waals surface area contributed by atoms with Crippen LogP contribution >= 0.6 is 31.9 Å². The van der Waals surface area contributed by atoms with Gasteiger partial charge in [0.2, 0.25) is 5.43 Å². The number of ketones is 1. The van der Waals surface area contributed by atoms with E-state index in [2.05, 4.69) is 36.8 Å². The molecule has 1 aromatic heterocycles. The fraction of sp³-hybridized carbons (Fsp3) is 0.200. The van der Waals surface area contributed by atoms with Crippen molar-refractivity contribution in [3.8, 4) is 0 Å². The maximum Gasteiger partial charge on any atom is 0.416 e. The summed E-state index contributed by atoms with van der Waals surface area (Å²) in [4.78, 5) is 28.8. The monoisotopic (exact) mass is 513 g/mol. The van der Waals surface area contributed by atoms with E-state index >= 15 is 0 Å². The van der Waals surface area contributed by atoms with Crippen LogP contribution in [0.2, 0.25) is 0 Å². The molecule has 1 unspecified atom stereocenters. The summed E-state index contributed by atoms with van der Waals surface area (Å²) < 4.78 is 39.7. The second-order valence-corrected chi connectivity index (χ2v) is 8.54. The molecule has 1 aliphatic carbocycles. The lowest BCUT2D eigenvalue weighted by atomic mass is 9.81. The highest BCUT2D eigenvalue weighted by Gasteiger charge is 2.32. The van der Waals surface area contributed by atoms with Gasteiger partial charge in [-0.2, -0.15) is 13.2 Å². The zero-order valence-electron chi connectivity index (χ0n) is 14.2. The predicted octanol–water partition coefficient (Wildman–Crippen LogP) is 5.98. The van der Waals surface area contributed by atoms with E-state index in [4.69, 9.17) is 0 Å². The van der Waals surface area contributed by atoms with Crippen molar-refractivity contribution in [3.63, 3.8) is 0 Å². The van der Waals surface area contributed by atoms with Crippen LogP contribution in [0.3, 0.4) is 0 Å². The van der Waals surface area contributed by atoms with Gasteiger partial charge in [-0.1, -0.05) is 28.1 Å². The molecule has 0 bridgehead atoms. The average molecular weight is 515 g/mol. The fourth-order valence-electron chi connectivity index (χ4n) is 3.64. The Hall–Kier alpha value is -1.93. The topological polar surface area (TPSA) is 49.9 Å². The minimum absolute atomic E-state index is 0.0854. The van der Waals surface area contributed by atoms with Crippen molar-refractivity contribution < 1.29 is 18.0 Å². The van der Waals surface area contributed by atoms with E-state index in [0.717, 1.165) is 12.1 Å². The number of carbonyl (C=O) groups is 1. The molecule has 8 heteroatoms. The third-order valence-corrected chi connectivity index (χ3v) is 6.06. The Morgan fingerprint density at radius 3 is 2.32 bits per heavy atom. The van der Waals surface area contributed by atoms with Crippen LogP contribution in [0.1, 0.15) is 39.5 Å². The summed E-state index contributed by atoms with van der Waals surface area (Å²) in [5.41, 5.74) is 0.826. The van der Waals surface area contributed by atoms with Gasteiger partial charge >= 0.3 is 6.18 Å². The molecule has 144 valence electrons. The summed E-state index contributed by atoms with van der Waals surface area (Å²) in [7, 11) is 0. The van der Waals surface area contributed by atoms with Crippen LogP contribution in [0, 0.1) is 0 Å². The fourth-order valence-corrected chi connectivity index (χ4v) is 4.96. The van der Waals surface area contributed by atoms with E-state index in [1.807, 2.05) is 0 Å². The van der Waals surface area contributed by atoms with E-state index in [1.165, 1.54) is 12.1 Å². The maximum absolute atomic E-state index is 12.9. The number of carbonyl (C=O) groups excluding carboxylic acids is 1. The number of hydrogen-bond acceptors (Lipinski definition) is 2. The molecule has 4 rings (SSSR count). The summed E-state index contributed by atoms with van der Waals surface area (Å²) in [6.07, 6.45) is -3.94. The second kappa shape index (κ2) is 6.84. The normalized spacial score (nSPS) is 17.0. The standard InChI is InChI=1S/C20H12Br2F3NO2/c21-12-7-13-18(14(22)8-12)26-15-5-10(6-16(27)17(15)19(13)28)9-1-3-11(4-2-9)20(23,24)25/h1-4,7-8,10H,5-6H2,(H,26,28). The summed E-state index contributed by atoms with van der Waals surface area (Å²) in [6, 6.07) is 8.30. The van der Waals surface area contributed by atoms with Gasteiger partial charge in [0.15, 0.2) is 5.78 Å². The first-order chi connectivity index (χ1) is 13.1. The van der Waals surface area contributed by atoms with Crippen molar-refractivity contribution in [2.45, 2.75) is 24.9 Å². The van der Waals surface area contributed by atoms with Crippen molar-refractivity contribution in [1.82, 2.24) is 4.98 Å². The number of hydrogen-bond donors (Lipinski definition) is 1. The van der Waals surface area contributed by atoms with E-state index in [1.54, 1.807) is 12.1 Å². The number of fused-ring (bicyclic) bond motifs is 2. The van der Waals surface area contributed by atoms with E-state index in [9.17, 15) is 22.8 Å². The van der Waals surface area contributed by atoms with E-state index < -0.39 is 11.7 Å². The highest BCUT2D eigenvalue weighted by Crippen LogP contribution is 2.35. The molecule has 2 aromatic carbocycles. The Morgan fingerprint density at radius 1 is 1.00 bits per heavy atom. The molecule has 1 aliphatic rings. The molecule has 0 saturated carbocycles. The summed E-state index contributed by atoms with van der Waals surface area (Å²) in [5, 5.41) is 0.404. The van der Waals surface area contributed by atoms with Crippen molar-refractivity contribution in [1.29, 1.82) is 0 Å². The molecule has 1 heterocycles. The number of aromatic nitrogens is 1. The average Bonchev–Trinajstić information content (AvgIpc) is 2.62. The van der Waals surface area contributed by atoms with Gasteiger partial charge in [0.25, 0.3) is 0 Å². The van der Waals surface area contributed by atoms with Gasteiger partial charge in [0.05, 0.1) is 16.6 Å². The smallest absolute Gasteiger partial charge is 0.357 e. The van der Waals surface area contributed by atoms with Crippen LogP contribution in [0.15, 0.2) is 50.1 Å². The number of pyridine rings is 1. The first-order valence-corrected chi connectivity index (χ1v) is 9.98. The first kappa shape index (κ1) is 19.4. The zero-order valence-corrected chi connectivity index (χ0v) is 17.3. The Kier molecular flexibility index (Phi) is 4.74. The van der Waals surface area contributed by atoms with Gasteiger partial charge in [-0.3, -0.25) is 9.59 Å². The third kappa shape index (κ3) is 3.33. The van der Waals surface area contributed by atoms with Gasteiger partial charge in [-0.05, 0) is 58.1 Å². The van der Waals surface area contributed by atoms with Gasteiger partial charge in [-0.25, -0.2) is 0 Å². The SMILES string of the molecule is O=C1CC(c2ccc(C(F)(F)F)cc2)Cc2[nH]c3c(Br)cc(Br)cc3c(=O)c21. The lowest BCUT2D eigenvalue weighted by Gasteiger charge is -2.24. The molecule has 1 N–H and O–H groups in total. The van der Waals surface area contributed by atoms with Crippen LogP contribution in [-0.2, 0) is 12.6 Å². The molecule has 3 aromatic rings. The lowest BCUT2D eigenvalue weighted by Crippen LogP contribution is -2.27. The number of H-pyrrole nitrogens is 1. The Morgan fingerprint density at radius 2 is 1.68 bits per heavy atom. The molecule has 0 fully saturated rings. The van der Waals surface area contributed by atoms with Gasteiger partial charge in [0, 0.05) is 26.4 Å². The molecule has 1 atom stereocenters. The van der Waals surface area contributed by atoms with Crippen molar-refractivity contribution >= 4 is 48.5 Å². The molecule has 0 aliphatic heterocycles. The van der Waals surface area contributed by atoms with Crippen molar-refractivity contribution in [2.24, 2.45) is 0 Å². The molecule has 0 amide bonds. The molecule has 28 heavy (non-hydrogen) atoms. The number of aromatic amines is 1. The number of Topliss-reactive ketones (excluding diaryl/α,β-unsaturated/α-hetero) is 1. The number of halogens is 5. The van der Waals surface area contributed by atoms with Gasteiger partial charge in [0.1, 0.15) is 0 Å². The molecule has 0 radical (unpaired) electrons. The Bertz CT molecular complexity index is 1170. The van der Waals surface area contributed by atoms with Crippen molar-refractivity contribution in [3.05, 3.63) is 78.0 Å². The molecule has 0 saturated heterocycles. The highest BCUT2D eigenvalue weighted by molar-refractivity contribution is 9.11.